The molecule has 4 rings (SSSR count). The number of likely N-dealkylation sites (tertiary alicyclic amines) is 1. The van der Waals surface area contributed by atoms with Crippen LogP contribution in [0.2, 0.25) is 0 Å². The minimum Gasteiger partial charge on any atom is -0.496 e. The first-order valence-corrected chi connectivity index (χ1v) is 12.1. The van der Waals surface area contributed by atoms with E-state index in [1.165, 1.54) is 12.8 Å². The lowest BCUT2D eigenvalue weighted by Gasteiger charge is -2.35. The zero-order chi connectivity index (χ0) is 24.8. The molecule has 0 aliphatic carbocycles. The number of hydrogen-bond donors (Lipinski definition) is 4. The Labute approximate surface area is 207 Å². The van der Waals surface area contributed by atoms with Gasteiger partial charge in [-0.15, -0.1) is 0 Å². The Balaban J connectivity index is 1.34. The van der Waals surface area contributed by atoms with E-state index in [1.807, 2.05) is 30.3 Å². The van der Waals surface area contributed by atoms with Gasteiger partial charge in [0.05, 0.1) is 25.5 Å². The lowest BCUT2D eigenvalue weighted by Crippen LogP contribution is -2.47. The third-order valence-corrected chi connectivity index (χ3v) is 7.02. The predicted molar refractivity (Wildman–Crippen MR) is 136 cm³/mol. The summed E-state index contributed by atoms with van der Waals surface area (Å²) in [6, 6.07) is 15.9. The lowest BCUT2D eigenvalue weighted by atomic mass is 9.93. The molecule has 3 atom stereocenters. The molecular weight excluding hydrogens is 442 g/mol. The number of rotatable bonds is 8. The molecule has 1 amide bonds. The van der Waals surface area contributed by atoms with Gasteiger partial charge >= 0.3 is 0 Å². The molecule has 9 nitrogen and oxygen atoms in total. The first kappa shape index (κ1) is 24.9. The van der Waals surface area contributed by atoms with Crippen LogP contribution in [0, 0.1) is 17.2 Å². The van der Waals surface area contributed by atoms with E-state index in [0.717, 1.165) is 18.8 Å². The molecular formula is C26H35N7O2. The van der Waals surface area contributed by atoms with E-state index in [9.17, 15) is 10.1 Å². The Morgan fingerprint density at radius 1 is 1.17 bits per heavy atom. The van der Waals surface area contributed by atoms with Gasteiger partial charge in [-0.2, -0.15) is 5.26 Å². The number of carbonyl (C=O) groups excluding carboxylic acids is 1. The summed E-state index contributed by atoms with van der Waals surface area (Å²) < 4.78 is 5.35. The molecule has 2 fully saturated rings. The van der Waals surface area contributed by atoms with Crippen LogP contribution in [0.15, 0.2) is 48.5 Å². The summed E-state index contributed by atoms with van der Waals surface area (Å²) in [5.74, 6) is 0.873. The van der Waals surface area contributed by atoms with E-state index < -0.39 is 6.04 Å². The maximum Gasteiger partial charge on any atom is 0.252 e. The predicted octanol–water partition coefficient (Wildman–Crippen LogP) is 2.14. The molecule has 2 saturated heterocycles. The van der Waals surface area contributed by atoms with Crippen molar-refractivity contribution < 1.29 is 9.53 Å². The molecule has 186 valence electrons. The Morgan fingerprint density at radius 2 is 1.94 bits per heavy atom. The molecule has 2 aliphatic heterocycles. The summed E-state index contributed by atoms with van der Waals surface area (Å²) >= 11 is 0. The highest BCUT2D eigenvalue weighted by Gasteiger charge is 2.36. The van der Waals surface area contributed by atoms with Crippen molar-refractivity contribution in [2.24, 2.45) is 5.92 Å². The molecule has 4 N–H and O–H groups in total. The van der Waals surface area contributed by atoms with Gasteiger partial charge < -0.3 is 20.3 Å². The molecule has 2 aliphatic rings. The second-order valence-electron chi connectivity index (χ2n) is 9.29. The van der Waals surface area contributed by atoms with E-state index in [1.54, 1.807) is 25.3 Å². The molecule has 2 aromatic rings. The highest BCUT2D eigenvalue weighted by atomic mass is 16.5. The van der Waals surface area contributed by atoms with E-state index in [4.69, 9.17) is 4.74 Å². The number of benzene rings is 2. The van der Waals surface area contributed by atoms with Gasteiger partial charge in [-0.3, -0.25) is 9.69 Å². The number of likely N-dealkylation sites (N-methyl/N-ethyl adjacent to an activating group) is 1. The zero-order valence-corrected chi connectivity index (χ0v) is 20.6. The summed E-state index contributed by atoms with van der Waals surface area (Å²) in [7, 11) is 5.87. The fourth-order valence-corrected chi connectivity index (χ4v) is 4.85. The second-order valence-corrected chi connectivity index (χ2v) is 9.29. The van der Waals surface area contributed by atoms with Crippen molar-refractivity contribution in [2.75, 3.05) is 46.2 Å². The van der Waals surface area contributed by atoms with Crippen LogP contribution in [-0.4, -0.2) is 68.9 Å². The summed E-state index contributed by atoms with van der Waals surface area (Å²) in [6.45, 7) is 2.95. The van der Waals surface area contributed by atoms with Crippen LogP contribution in [0.25, 0.3) is 0 Å². The normalized spacial score (nSPS) is 22.3. The first-order valence-electron chi connectivity index (χ1n) is 12.1. The van der Waals surface area contributed by atoms with Gasteiger partial charge in [0.2, 0.25) is 0 Å². The fourth-order valence-electron chi connectivity index (χ4n) is 4.85. The minimum absolute atomic E-state index is 0.130. The maximum absolute atomic E-state index is 12.9. The van der Waals surface area contributed by atoms with E-state index in [-0.39, 0.29) is 12.1 Å². The van der Waals surface area contributed by atoms with Crippen LogP contribution < -0.4 is 26.2 Å². The monoisotopic (exact) mass is 477 g/mol. The van der Waals surface area contributed by atoms with Crippen LogP contribution in [0.3, 0.4) is 0 Å². The van der Waals surface area contributed by atoms with Gasteiger partial charge in [-0.05, 0) is 70.2 Å². The molecule has 35 heavy (non-hydrogen) atoms. The largest absolute Gasteiger partial charge is 0.496 e. The highest BCUT2D eigenvalue weighted by Crippen LogP contribution is 2.26. The van der Waals surface area contributed by atoms with Gasteiger partial charge in [0.15, 0.2) is 0 Å². The van der Waals surface area contributed by atoms with Gasteiger partial charge in [0.25, 0.3) is 5.91 Å². The quantitative estimate of drug-likeness (QED) is 0.459. The Bertz CT molecular complexity index is 1050. The standard InChI is InChI=1S/C26H35N7O2/c1-32-13-11-18(12-14-32)25-31-30-24(33(25)2)17-28-20-8-6-7-19(15-20)26(34)29-22(16-27)21-9-4-5-10-23(21)35-3/h4-10,15,18,22,24-25,28,30-31H,11-14,17H2,1-3H3,(H,29,34)/t22-,24?,25?/m1/s1. The Morgan fingerprint density at radius 3 is 2.69 bits per heavy atom. The Hall–Kier alpha value is -3.16. The molecule has 0 aromatic heterocycles. The summed E-state index contributed by atoms with van der Waals surface area (Å²) in [6.07, 6.45) is 2.82. The third kappa shape index (κ3) is 5.92. The highest BCUT2D eigenvalue weighted by molar-refractivity contribution is 5.95. The number of nitrogens with zero attached hydrogens (tertiary/aromatic N) is 3. The van der Waals surface area contributed by atoms with Crippen molar-refractivity contribution in [3.63, 3.8) is 0 Å². The number of ether oxygens (including phenoxy) is 1. The number of methoxy groups -OCH3 is 1. The number of anilines is 1. The number of nitriles is 1. The van der Waals surface area contributed by atoms with Crippen LogP contribution in [0.4, 0.5) is 5.69 Å². The number of para-hydroxylation sites is 1. The van der Waals surface area contributed by atoms with Gasteiger partial charge in [0, 0.05) is 23.4 Å². The molecule has 0 radical (unpaired) electrons. The van der Waals surface area contributed by atoms with Crippen LogP contribution in [-0.2, 0) is 0 Å². The number of hydrogen-bond acceptors (Lipinski definition) is 8. The maximum atomic E-state index is 12.9. The van der Waals surface area contributed by atoms with Crippen LogP contribution >= 0.6 is 0 Å². The van der Waals surface area contributed by atoms with E-state index in [2.05, 4.69) is 51.4 Å². The topological polar surface area (TPSA) is 105 Å². The fraction of sp³-hybridized carbons (Fsp3) is 0.462. The molecule has 9 heteroatoms. The number of nitrogens with one attached hydrogen (secondary N) is 4. The minimum atomic E-state index is -0.811. The van der Waals surface area contributed by atoms with Crippen molar-refractivity contribution in [3.05, 3.63) is 59.7 Å². The summed E-state index contributed by atoms with van der Waals surface area (Å²) in [5, 5.41) is 15.9. The van der Waals surface area contributed by atoms with Crippen LogP contribution in [0.5, 0.6) is 5.75 Å². The van der Waals surface area contributed by atoms with E-state index in [0.29, 0.717) is 35.5 Å². The molecule has 0 saturated carbocycles. The number of amides is 1. The summed E-state index contributed by atoms with van der Waals surface area (Å²) in [5.41, 5.74) is 8.84. The average molecular weight is 478 g/mol. The van der Waals surface area contributed by atoms with Crippen molar-refractivity contribution >= 4 is 11.6 Å². The number of carbonyl (C=O) groups is 1. The number of piperidine rings is 1. The van der Waals surface area contributed by atoms with Crippen molar-refractivity contribution in [1.29, 1.82) is 5.26 Å². The molecule has 0 spiro atoms. The Kier molecular flexibility index (Phi) is 8.21. The molecule has 2 aromatic carbocycles. The number of hydrazine groups is 1. The van der Waals surface area contributed by atoms with E-state index >= 15 is 0 Å². The van der Waals surface area contributed by atoms with Crippen molar-refractivity contribution in [2.45, 2.75) is 31.2 Å². The van der Waals surface area contributed by atoms with Crippen LogP contribution in [0.1, 0.15) is 34.8 Å². The summed E-state index contributed by atoms with van der Waals surface area (Å²) in [4.78, 5) is 17.7. The van der Waals surface area contributed by atoms with Gasteiger partial charge in [0.1, 0.15) is 11.8 Å². The molecule has 2 heterocycles. The SMILES string of the molecule is COc1ccccc1[C@@H](C#N)NC(=O)c1cccc(NCC2NNC(C3CCN(C)CC3)N2C)c1. The van der Waals surface area contributed by atoms with Crippen molar-refractivity contribution in [1.82, 2.24) is 26.0 Å². The third-order valence-electron chi connectivity index (χ3n) is 7.02. The second kappa shape index (κ2) is 11.5. The molecule has 0 bridgehead atoms. The first-order chi connectivity index (χ1) is 17.0. The zero-order valence-electron chi connectivity index (χ0n) is 20.6. The smallest absolute Gasteiger partial charge is 0.252 e. The molecule has 2 unspecified atom stereocenters. The van der Waals surface area contributed by atoms with Crippen molar-refractivity contribution in [3.8, 4) is 11.8 Å². The average Bonchev–Trinajstić information content (AvgIpc) is 3.26. The van der Waals surface area contributed by atoms with Gasteiger partial charge in [-0.25, -0.2) is 10.9 Å². The lowest BCUT2D eigenvalue weighted by molar-refractivity contribution is 0.0945. The van der Waals surface area contributed by atoms with Gasteiger partial charge in [-0.1, -0.05) is 24.3 Å².